The van der Waals surface area contributed by atoms with Gasteiger partial charge in [0.2, 0.25) is 0 Å². The largest absolute Gasteiger partial charge is 0.295 e. The summed E-state index contributed by atoms with van der Waals surface area (Å²) in [4.78, 5) is 27.5. The number of H-pyrrole nitrogens is 2. The van der Waals surface area contributed by atoms with Crippen LogP contribution in [0.4, 0.5) is 0 Å². The van der Waals surface area contributed by atoms with Crippen LogP contribution < -0.4 is 11.1 Å². The van der Waals surface area contributed by atoms with Crippen LogP contribution in [0.5, 0.6) is 0 Å². The molecule has 0 bridgehead atoms. The van der Waals surface area contributed by atoms with E-state index in [-0.39, 0.29) is 11.1 Å². The van der Waals surface area contributed by atoms with Crippen LogP contribution in [0, 0.1) is 13.8 Å². The highest BCUT2D eigenvalue weighted by molar-refractivity contribution is 6.30. The molecule has 5 rings (SSSR count). The zero-order valence-electron chi connectivity index (χ0n) is 18.7. The predicted molar refractivity (Wildman–Crippen MR) is 135 cm³/mol. The van der Waals surface area contributed by atoms with Crippen molar-refractivity contribution in [2.45, 2.75) is 19.8 Å². The molecule has 0 aliphatic rings. The van der Waals surface area contributed by atoms with Crippen molar-refractivity contribution in [3.05, 3.63) is 139 Å². The van der Waals surface area contributed by atoms with Gasteiger partial charge in [0.05, 0.1) is 22.5 Å². The van der Waals surface area contributed by atoms with Crippen molar-refractivity contribution in [2.75, 3.05) is 0 Å². The summed E-state index contributed by atoms with van der Waals surface area (Å²) < 4.78 is 3.04. The maximum absolute atomic E-state index is 13.7. The van der Waals surface area contributed by atoms with Gasteiger partial charge in [0.1, 0.15) is 0 Å². The van der Waals surface area contributed by atoms with Crippen molar-refractivity contribution in [1.29, 1.82) is 0 Å². The van der Waals surface area contributed by atoms with Crippen LogP contribution in [0.2, 0.25) is 5.02 Å². The maximum atomic E-state index is 13.7. The first-order valence-electron chi connectivity index (χ1n) is 10.9. The quantitative estimate of drug-likeness (QED) is 0.375. The van der Waals surface area contributed by atoms with Crippen molar-refractivity contribution in [1.82, 2.24) is 19.6 Å². The van der Waals surface area contributed by atoms with Gasteiger partial charge >= 0.3 is 0 Å². The molecule has 5 aromatic rings. The first kappa shape index (κ1) is 21.8. The summed E-state index contributed by atoms with van der Waals surface area (Å²) in [5.41, 5.74) is 4.29. The second kappa shape index (κ2) is 8.72. The third-order valence-corrected chi connectivity index (χ3v) is 6.30. The Hall–Kier alpha value is -4.03. The molecule has 0 unspecified atom stereocenters. The van der Waals surface area contributed by atoms with Gasteiger partial charge in [0.15, 0.2) is 0 Å². The van der Waals surface area contributed by atoms with Gasteiger partial charge in [0.25, 0.3) is 11.1 Å². The van der Waals surface area contributed by atoms with Gasteiger partial charge in [-0.05, 0) is 55.8 Å². The first-order chi connectivity index (χ1) is 16.5. The second-order valence-corrected chi connectivity index (χ2v) is 8.67. The van der Waals surface area contributed by atoms with Gasteiger partial charge in [-0.15, -0.1) is 0 Å². The summed E-state index contributed by atoms with van der Waals surface area (Å²) >= 11 is 6.16. The van der Waals surface area contributed by atoms with E-state index in [0.29, 0.717) is 27.5 Å². The van der Waals surface area contributed by atoms with Crippen LogP contribution in [0.15, 0.2) is 94.5 Å². The molecule has 6 nitrogen and oxygen atoms in total. The first-order valence-corrected chi connectivity index (χ1v) is 11.3. The minimum Gasteiger partial charge on any atom is -0.295 e. The summed E-state index contributed by atoms with van der Waals surface area (Å²) in [6, 6.07) is 26.1. The smallest absolute Gasteiger partial charge is 0.275 e. The topological polar surface area (TPSA) is 75.6 Å². The summed E-state index contributed by atoms with van der Waals surface area (Å²) in [5.74, 6) is -0.584. The molecule has 0 aliphatic heterocycles. The molecule has 2 aromatic heterocycles. The Morgan fingerprint density at radius 2 is 1.06 bits per heavy atom. The number of halogens is 1. The predicted octanol–water partition coefficient (Wildman–Crippen LogP) is 5.10. The molecule has 7 heteroatoms. The number of nitrogens with zero attached hydrogens (tertiary/aromatic N) is 2. The Balaban J connectivity index is 1.77. The number of aromatic nitrogens is 4. The fraction of sp³-hybridized carbons (Fsp3) is 0.111. The minimum atomic E-state index is -0.584. The molecule has 0 fully saturated rings. The van der Waals surface area contributed by atoms with Crippen LogP contribution in [0.25, 0.3) is 11.4 Å². The number of benzene rings is 3. The van der Waals surface area contributed by atoms with Crippen LogP contribution >= 0.6 is 11.6 Å². The number of hydrogen-bond donors (Lipinski definition) is 2. The van der Waals surface area contributed by atoms with E-state index >= 15 is 0 Å². The summed E-state index contributed by atoms with van der Waals surface area (Å²) in [5, 5.41) is 6.98. The number of aryl methyl sites for hydroxylation is 2. The van der Waals surface area contributed by atoms with E-state index in [2.05, 4.69) is 10.2 Å². The van der Waals surface area contributed by atoms with E-state index in [9.17, 15) is 9.59 Å². The summed E-state index contributed by atoms with van der Waals surface area (Å²) in [6.45, 7) is 3.72. The molecular formula is C27H23ClN4O2. The van der Waals surface area contributed by atoms with Gasteiger partial charge < -0.3 is 0 Å². The monoisotopic (exact) mass is 470 g/mol. The maximum Gasteiger partial charge on any atom is 0.275 e. The number of nitrogens with one attached hydrogen (secondary N) is 2. The highest BCUT2D eigenvalue weighted by Crippen LogP contribution is 2.32. The molecule has 0 spiro atoms. The van der Waals surface area contributed by atoms with Crippen molar-refractivity contribution in [2.24, 2.45) is 0 Å². The van der Waals surface area contributed by atoms with E-state index in [0.717, 1.165) is 16.9 Å². The van der Waals surface area contributed by atoms with Crippen LogP contribution in [0.1, 0.15) is 34.0 Å². The van der Waals surface area contributed by atoms with Gasteiger partial charge in [-0.1, -0.05) is 60.1 Å². The average molecular weight is 471 g/mol. The lowest BCUT2D eigenvalue weighted by Crippen LogP contribution is -2.25. The molecule has 2 heterocycles. The molecule has 0 aliphatic carbocycles. The number of rotatable bonds is 5. The van der Waals surface area contributed by atoms with Gasteiger partial charge in [0, 0.05) is 22.3 Å². The van der Waals surface area contributed by atoms with E-state index in [1.807, 2.05) is 86.6 Å². The third-order valence-electron chi connectivity index (χ3n) is 6.04. The highest BCUT2D eigenvalue weighted by atomic mass is 35.5. The van der Waals surface area contributed by atoms with Gasteiger partial charge in [-0.25, -0.2) is 9.36 Å². The standard InChI is InChI=1S/C27H23ClN4O2/c1-17-23(26(33)31(29-17)21-9-5-3-6-10-21)25(19-13-15-20(28)16-14-19)24-18(2)30-32(27(24)34)22-11-7-4-8-12-22/h3-16,25,29-30H,1-2H3. The zero-order chi connectivity index (χ0) is 23.8. The lowest BCUT2D eigenvalue weighted by molar-refractivity contribution is 0.830. The number of para-hydroxylation sites is 2. The lowest BCUT2D eigenvalue weighted by atomic mass is 9.85. The molecule has 0 saturated carbocycles. The summed E-state index contributed by atoms with van der Waals surface area (Å²) in [6.07, 6.45) is 0. The van der Waals surface area contributed by atoms with Crippen LogP contribution in [0.3, 0.4) is 0 Å². The molecule has 0 radical (unpaired) electrons. The Bertz CT molecular complexity index is 1460. The molecule has 3 aromatic carbocycles. The minimum absolute atomic E-state index is 0.199. The Labute approximate surface area is 201 Å². The van der Waals surface area contributed by atoms with Crippen molar-refractivity contribution in [3.63, 3.8) is 0 Å². The molecule has 170 valence electrons. The Morgan fingerprint density at radius 3 is 1.47 bits per heavy atom. The molecule has 0 atom stereocenters. The van der Waals surface area contributed by atoms with Crippen LogP contribution in [-0.4, -0.2) is 19.6 Å². The van der Waals surface area contributed by atoms with Gasteiger partial charge in [-0.2, -0.15) is 0 Å². The molecule has 0 amide bonds. The van der Waals surface area contributed by atoms with E-state index in [1.165, 1.54) is 9.36 Å². The number of hydrogen-bond acceptors (Lipinski definition) is 2. The molecule has 2 N–H and O–H groups in total. The SMILES string of the molecule is Cc1[nH]n(-c2ccccc2)c(=O)c1C(c1ccc(Cl)cc1)c1c(C)[nH]n(-c2ccccc2)c1=O. The third kappa shape index (κ3) is 3.72. The summed E-state index contributed by atoms with van der Waals surface area (Å²) in [7, 11) is 0. The normalized spacial score (nSPS) is 11.3. The second-order valence-electron chi connectivity index (χ2n) is 8.24. The Kier molecular flexibility index (Phi) is 5.59. The Morgan fingerprint density at radius 1 is 0.647 bits per heavy atom. The fourth-order valence-electron chi connectivity index (χ4n) is 4.45. The van der Waals surface area contributed by atoms with E-state index < -0.39 is 5.92 Å². The molecular weight excluding hydrogens is 448 g/mol. The lowest BCUT2D eigenvalue weighted by Gasteiger charge is -2.16. The van der Waals surface area contributed by atoms with Crippen molar-refractivity contribution < 1.29 is 0 Å². The number of aromatic amines is 2. The van der Waals surface area contributed by atoms with Gasteiger partial charge in [-0.3, -0.25) is 19.8 Å². The van der Waals surface area contributed by atoms with E-state index in [1.54, 1.807) is 12.1 Å². The van der Waals surface area contributed by atoms with Crippen molar-refractivity contribution >= 4 is 11.6 Å². The van der Waals surface area contributed by atoms with Crippen LogP contribution in [-0.2, 0) is 0 Å². The molecule has 34 heavy (non-hydrogen) atoms. The van der Waals surface area contributed by atoms with Crippen molar-refractivity contribution in [3.8, 4) is 11.4 Å². The fourth-order valence-corrected chi connectivity index (χ4v) is 4.58. The van der Waals surface area contributed by atoms with E-state index in [4.69, 9.17) is 11.6 Å². The average Bonchev–Trinajstić information content (AvgIpc) is 3.32. The molecule has 0 saturated heterocycles. The zero-order valence-corrected chi connectivity index (χ0v) is 19.5. The highest BCUT2D eigenvalue weighted by Gasteiger charge is 2.30.